The number of hydrogen-bond acceptors (Lipinski definition) is 3. The maximum atomic E-state index is 12.9. The maximum absolute atomic E-state index is 12.9. The van der Waals surface area contributed by atoms with E-state index in [1.165, 1.54) is 19.1 Å². The number of carbonyl (C=O) groups is 2. The van der Waals surface area contributed by atoms with Crippen LogP contribution in [-0.2, 0) is 9.53 Å². The van der Waals surface area contributed by atoms with Crippen LogP contribution < -0.4 is 5.32 Å². The summed E-state index contributed by atoms with van der Waals surface area (Å²) in [5.74, 6) is -1.60. The van der Waals surface area contributed by atoms with Crippen LogP contribution in [0.4, 0.5) is 4.39 Å². The average molecular weight is 330 g/mol. The number of carbonyl (C=O) groups excluding carboxylic acids is 2. The van der Waals surface area contributed by atoms with Crippen LogP contribution in [0.3, 0.4) is 0 Å². The van der Waals surface area contributed by atoms with Crippen LogP contribution in [0.25, 0.3) is 0 Å². The Kier molecular flexibility index (Phi) is 5.69. The predicted octanol–water partition coefficient (Wildman–Crippen LogP) is 2.44. The molecule has 19 heavy (non-hydrogen) atoms. The summed E-state index contributed by atoms with van der Waals surface area (Å²) < 4.78 is 18.1. The third-order valence-corrected chi connectivity index (χ3v) is 2.88. The third-order valence-electron chi connectivity index (χ3n) is 2.22. The van der Waals surface area contributed by atoms with E-state index in [0.29, 0.717) is 6.54 Å². The number of nitrogens with one attached hydrogen (secondary N) is 1. The van der Waals surface area contributed by atoms with Gasteiger partial charge in [0.15, 0.2) is 6.10 Å². The van der Waals surface area contributed by atoms with Crippen molar-refractivity contribution in [3.05, 3.63) is 46.7 Å². The highest BCUT2D eigenvalue weighted by Gasteiger charge is 2.20. The van der Waals surface area contributed by atoms with Crippen LogP contribution in [0.2, 0.25) is 0 Å². The first kappa shape index (κ1) is 15.4. The Labute approximate surface area is 118 Å². The molecule has 0 saturated carbocycles. The number of ether oxygens (including phenoxy) is 1. The van der Waals surface area contributed by atoms with Gasteiger partial charge in [0, 0.05) is 11.0 Å². The zero-order valence-electron chi connectivity index (χ0n) is 10.3. The molecule has 0 spiro atoms. The van der Waals surface area contributed by atoms with Crippen LogP contribution >= 0.6 is 15.9 Å². The first-order chi connectivity index (χ1) is 8.95. The summed E-state index contributed by atoms with van der Waals surface area (Å²) in [6, 6.07) is 3.58. The van der Waals surface area contributed by atoms with Gasteiger partial charge < -0.3 is 10.1 Å². The van der Waals surface area contributed by atoms with Crippen molar-refractivity contribution in [2.75, 3.05) is 6.54 Å². The van der Waals surface area contributed by atoms with Crippen LogP contribution in [0.5, 0.6) is 0 Å². The van der Waals surface area contributed by atoms with E-state index in [2.05, 4.69) is 27.8 Å². The molecular weight excluding hydrogens is 317 g/mol. The largest absolute Gasteiger partial charge is 0.449 e. The summed E-state index contributed by atoms with van der Waals surface area (Å²) in [7, 11) is 0. The van der Waals surface area contributed by atoms with Crippen molar-refractivity contribution in [2.24, 2.45) is 0 Å². The second kappa shape index (κ2) is 7.04. The first-order valence-corrected chi connectivity index (χ1v) is 6.29. The zero-order chi connectivity index (χ0) is 14.4. The van der Waals surface area contributed by atoms with Crippen LogP contribution in [0.1, 0.15) is 17.3 Å². The van der Waals surface area contributed by atoms with Gasteiger partial charge in [-0.05, 0) is 41.1 Å². The topological polar surface area (TPSA) is 55.4 Å². The molecule has 0 radical (unpaired) electrons. The molecule has 0 aliphatic carbocycles. The monoisotopic (exact) mass is 329 g/mol. The van der Waals surface area contributed by atoms with Gasteiger partial charge in [0.2, 0.25) is 0 Å². The van der Waals surface area contributed by atoms with Crippen molar-refractivity contribution in [1.82, 2.24) is 5.32 Å². The molecule has 0 bridgehead atoms. The third kappa shape index (κ3) is 4.48. The summed E-state index contributed by atoms with van der Waals surface area (Å²) >= 11 is 3.06. The zero-order valence-corrected chi connectivity index (χ0v) is 11.9. The minimum atomic E-state index is -0.940. The van der Waals surface area contributed by atoms with E-state index in [1.54, 1.807) is 0 Å². The Hall–Kier alpha value is -1.69. The molecule has 0 saturated heterocycles. The van der Waals surface area contributed by atoms with Gasteiger partial charge in [0.1, 0.15) is 5.82 Å². The highest BCUT2D eigenvalue weighted by atomic mass is 79.9. The summed E-state index contributed by atoms with van der Waals surface area (Å²) in [6.07, 6.45) is 0.576. The van der Waals surface area contributed by atoms with Crippen LogP contribution in [0.15, 0.2) is 35.3 Å². The molecule has 1 atom stereocenters. The standard InChI is InChI=1S/C13H13BrFNO3/c1-3-6-16-12(17)8(2)19-13(18)10-5-4-9(15)7-11(10)14/h3-5,7-8H,1,6H2,2H3,(H,16,17)/t8-/m1/s1. The molecule has 0 aliphatic rings. The lowest BCUT2D eigenvalue weighted by Crippen LogP contribution is -2.35. The molecule has 0 aromatic heterocycles. The Balaban J connectivity index is 2.68. The van der Waals surface area contributed by atoms with Crippen molar-refractivity contribution >= 4 is 27.8 Å². The fourth-order valence-corrected chi connectivity index (χ4v) is 1.76. The molecule has 102 valence electrons. The fraction of sp³-hybridized carbons (Fsp3) is 0.231. The highest BCUT2D eigenvalue weighted by Crippen LogP contribution is 2.19. The Morgan fingerprint density at radius 3 is 2.84 bits per heavy atom. The number of hydrogen-bond donors (Lipinski definition) is 1. The van der Waals surface area contributed by atoms with Gasteiger partial charge >= 0.3 is 5.97 Å². The second-order valence-corrected chi connectivity index (χ2v) is 4.56. The minimum Gasteiger partial charge on any atom is -0.449 e. The minimum absolute atomic E-state index is 0.157. The lowest BCUT2D eigenvalue weighted by atomic mass is 10.2. The van der Waals surface area contributed by atoms with E-state index in [9.17, 15) is 14.0 Å². The molecule has 0 unspecified atom stereocenters. The van der Waals surface area contributed by atoms with Crippen LogP contribution in [0, 0.1) is 5.82 Å². The summed E-state index contributed by atoms with van der Waals surface area (Å²) in [5.41, 5.74) is 0.157. The lowest BCUT2D eigenvalue weighted by Gasteiger charge is -2.13. The van der Waals surface area contributed by atoms with Crippen LogP contribution in [-0.4, -0.2) is 24.5 Å². The van der Waals surface area contributed by atoms with E-state index < -0.39 is 23.8 Å². The van der Waals surface area contributed by atoms with Gasteiger partial charge in [-0.2, -0.15) is 0 Å². The summed E-state index contributed by atoms with van der Waals surface area (Å²) in [4.78, 5) is 23.3. The molecule has 0 fully saturated rings. The smallest absolute Gasteiger partial charge is 0.340 e. The molecule has 0 aliphatic heterocycles. The summed E-state index contributed by atoms with van der Waals surface area (Å²) in [6.45, 7) is 5.20. The highest BCUT2D eigenvalue weighted by molar-refractivity contribution is 9.10. The van der Waals surface area contributed by atoms with Gasteiger partial charge in [-0.3, -0.25) is 4.79 Å². The van der Waals surface area contributed by atoms with Crippen molar-refractivity contribution < 1.29 is 18.7 Å². The van der Waals surface area contributed by atoms with E-state index in [1.807, 2.05) is 0 Å². The molecule has 1 rings (SSSR count). The van der Waals surface area contributed by atoms with E-state index in [4.69, 9.17) is 4.74 Å². The number of amides is 1. The Morgan fingerprint density at radius 2 is 2.26 bits per heavy atom. The molecule has 1 aromatic carbocycles. The van der Waals surface area contributed by atoms with E-state index in [-0.39, 0.29) is 10.0 Å². The summed E-state index contributed by atoms with van der Waals surface area (Å²) in [5, 5.41) is 2.51. The van der Waals surface area contributed by atoms with E-state index >= 15 is 0 Å². The Bertz CT molecular complexity index is 505. The van der Waals surface area contributed by atoms with Crippen molar-refractivity contribution in [3.8, 4) is 0 Å². The van der Waals surface area contributed by atoms with Crippen molar-refractivity contribution in [3.63, 3.8) is 0 Å². The molecule has 0 heterocycles. The lowest BCUT2D eigenvalue weighted by molar-refractivity contribution is -0.128. The number of rotatable bonds is 5. The van der Waals surface area contributed by atoms with E-state index in [0.717, 1.165) is 12.1 Å². The predicted molar refractivity (Wildman–Crippen MR) is 72.2 cm³/mol. The molecule has 1 amide bonds. The fourth-order valence-electron chi connectivity index (χ4n) is 1.25. The van der Waals surface area contributed by atoms with Gasteiger partial charge in [0.05, 0.1) is 5.56 Å². The number of halogens is 2. The van der Waals surface area contributed by atoms with Crippen molar-refractivity contribution in [2.45, 2.75) is 13.0 Å². The Morgan fingerprint density at radius 1 is 1.58 bits per heavy atom. The molecule has 4 nitrogen and oxygen atoms in total. The van der Waals surface area contributed by atoms with Gasteiger partial charge in [-0.1, -0.05) is 6.08 Å². The first-order valence-electron chi connectivity index (χ1n) is 5.50. The average Bonchev–Trinajstić information content (AvgIpc) is 2.35. The normalized spacial score (nSPS) is 11.5. The number of esters is 1. The van der Waals surface area contributed by atoms with Gasteiger partial charge in [0.25, 0.3) is 5.91 Å². The molecular formula is C13H13BrFNO3. The second-order valence-electron chi connectivity index (χ2n) is 3.71. The maximum Gasteiger partial charge on any atom is 0.340 e. The number of benzene rings is 1. The van der Waals surface area contributed by atoms with Crippen molar-refractivity contribution in [1.29, 1.82) is 0 Å². The quantitative estimate of drug-likeness (QED) is 0.666. The van der Waals surface area contributed by atoms with Gasteiger partial charge in [-0.25, -0.2) is 9.18 Å². The molecule has 6 heteroatoms. The molecule has 1 aromatic rings. The van der Waals surface area contributed by atoms with Gasteiger partial charge in [-0.15, -0.1) is 6.58 Å². The molecule has 1 N–H and O–H groups in total. The SMILES string of the molecule is C=CCNC(=O)[C@@H](C)OC(=O)c1ccc(F)cc1Br.